The molecule has 0 heterocycles. The monoisotopic (exact) mass is 512 g/mol. The highest BCUT2D eigenvalue weighted by Gasteiger charge is 2.10. The molecule has 0 N–H and O–H groups in total. The van der Waals surface area contributed by atoms with Gasteiger partial charge >= 0.3 is 11.9 Å². The average molecular weight is 513 g/mol. The van der Waals surface area contributed by atoms with Crippen molar-refractivity contribution in [3.63, 3.8) is 0 Å². The number of nitrogens with zero attached hydrogens (tertiary/aromatic N) is 2. The number of ether oxygens (including phenoxy) is 2. The lowest BCUT2D eigenvalue weighted by Gasteiger charge is -2.09. The van der Waals surface area contributed by atoms with Gasteiger partial charge in [-0.3, -0.25) is 9.98 Å². The summed E-state index contributed by atoms with van der Waals surface area (Å²) in [5.74, 6) is 0.0781. The van der Waals surface area contributed by atoms with Gasteiger partial charge in [0.15, 0.2) is 0 Å². The van der Waals surface area contributed by atoms with E-state index in [1.807, 2.05) is 24.3 Å². The smallest absolute Gasteiger partial charge is 0.338 e. The molecule has 0 aliphatic heterocycles. The van der Waals surface area contributed by atoms with Gasteiger partial charge in [0.25, 0.3) is 0 Å². The minimum Gasteiger partial charge on any atom is -0.462 e. The molecule has 6 heteroatoms. The van der Waals surface area contributed by atoms with Crippen molar-refractivity contribution in [1.29, 1.82) is 0 Å². The summed E-state index contributed by atoms with van der Waals surface area (Å²) in [6.45, 7) is 9.11. The number of hydrogen-bond acceptors (Lipinski definition) is 6. The summed E-state index contributed by atoms with van der Waals surface area (Å²) in [7, 11) is 0. The summed E-state index contributed by atoms with van der Waals surface area (Å²) < 4.78 is 10.7. The second kappa shape index (κ2) is 14.6. The molecule has 0 saturated heterocycles. The van der Waals surface area contributed by atoms with E-state index in [0.717, 1.165) is 35.3 Å². The van der Waals surface area contributed by atoms with E-state index < -0.39 is 0 Å². The average Bonchev–Trinajstić information content (AvgIpc) is 2.97. The highest BCUT2D eigenvalue weighted by atomic mass is 16.5. The first-order valence-electron chi connectivity index (χ1n) is 13.1. The molecule has 0 amide bonds. The molecule has 38 heavy (non-hydrogen) atoms. The fourth-order valence-corrected chi connectivity index (χ4v) is 3.17. The van der Waals surface area contributed by atoms with Crippen LogP contribution in [0.5, 0.6) is 0 Å². The Morgan fingerprint density at radius 2 is 0.974 bits per heavy atom. The van der Waals surface area contributed by atoms with Crippen molar-refractivity contribution in [3.8, 4) is 0 Å². The van der Waals surface area contributed by atoms with Crippen molar-refractivity contribution >= 4 is 35.7 Å². The number of rotatable bonds is 12. The van der Waals surface area contributed by atoms with Gasteiger partial charge in [0.2, 0.25) is 0 Å². The molecule has 0 fully saturated rings. The maximum atomic E-state index is 12.1. The van der Waals surface area contributed by atoms with Crippen molar-refractivity contribution in [2.45, 2.75) is 40.5 Å². The summed E-state index contributed by atoms with van der Waals surface area (Å²) in [6.07, 6.45) is 5.49. The Hall–Kier alpha value is -4.06. The molecule has 3 rings (SSSR count). The van der Waals surface area contributed by atoms with Gasteiger partial charge < -0.3 is 9.47 Å². The van der Waals surface area contributed by atoms with E-state index in [9.17, 15) is 9.59 Å². The van der Waals surface area contributed by atoms with Crippen molar-refractivity contribution in [2.24, 2.45) is 21.8 Å². The lowest BCUT2D eigenvalue weighted by molar-refractivity contribution is 0.0438. The maximum absolute atomic E-state index is 12.1. The Labute approximate surface area is 225 Å². The molecule has 0 radical (unpaired) electrons. The van der Waals surface area contributed by atoms with E-state index in [4.69, 9.17) is 9.47 Å². The number of esters is 2. The van der Waals surface area contributed by atoms with Crippen LogP contribution in [0, 0.1) is 11.8 Å². The number of carbonyl (C=O) groups is 2. The molecule has 6 nitrogen and oxygen atoms in total. The normalized spacial score (nSPS) is 12.9. The van der Waals surface area contributed by atoms with Crippen LogP contribution in [0.25, 0.3) is 0 Å². The molecule has 2 atom stereocenters. The van der Waals surface area contributed by atoms with Gasteiger partial charge in [-0.15, -0.1) is 0 Å². The third-order valence-electron chi connectivity index (χ3n) is 6.26. The Kier molecular flexibility index (Phi) is 11.0. The molecule has 198 valence electrons. The summed E-state index contributed by atoms with van der Waals surface area (Å²) >= 11 is 0. The van der Waals surface area contributed by atoms with Gasteiger partial charge in [-0.2, -0.15) is 0 Å². The van der Waals surface area contributed by atoms with E-state index in [-0.39, 0.29) is 11.9 Å². The fraction of sp³-hybridized carbons (Fsp3) is 0.312. The van der Waals surface area contributed by atoms with Crippen LogP contribution in [0.3, 0.4) is 0 Å². The third kappa shape index (κ3) is 9.11. The minimum atomic E-state index is -0.311. The molecule has 0 bridgehead atoms. The first-order valence-corrected chi connectivity index (χ1v) is 13.1. The number of aliphatic imine (C=N–C) groups is 2. The molecule has 0 aromatic heterocycles. The molecule has 3 aromatic carbocycles. The van der Waals surface area contributed by atoms with Gasteiger partial charge in [0, 0.05) is 12.4 Å². The Bertz CT molecular complexity index is 1130. The Balaban J connectivity index is 1.52. The minimum absolute atomic E-state index is 0.311. The van der Waals surface area contributed by atoms with E-state index in [1.165, 1.54) is 0 Å². The van der Waals surface area contributed by atoms with Crippen LogP contribution < -0.4 is 0 Å². The number of carbonyl (C=O) groups excluding carboxylic acids is 2. The predicted molar refractivity (Wildman–Crippen MR) is 153 cm³/mol. The number of hydrogen-bond donors (Lipinski definition) is 0. The second-order valence-corrected chi connectivity index (χ2v) is 9.50. The van der Waals surface area contributed by atoms with Gasteiger partial charge in [-0.25, -0.2) is 9.59 Å². The maximum Gasteiger partial charge on any atom is 0.338 e. The zero-order valence-electron chi connectivity index (χ0n) is 22.6. The highest BCUT2D eigenvalue weighted by Crippen LogP contribution is 2.16. The van der Waals surface area contributed by atoms with E-state index in [0.29, 0.717) is 36.2 Å². The SMILES string of the molecule is CC[C@@H](C)COC(=O)c1ccc(N=Cc2ccc(C=Nc3ccc(C(=O)OC[C@@H](C)CC)cc3)cc2)cc1. The van der Waals surface area contributed by atoms with Crippen molar-refractivity contribution in [1.82, 2.24) is 0 Å². The highest BCUT2D eigenvalue weighted by molar-refractivity contribution is 5.91. The van der Waals surface area contributed by atoms with Crippen LogP contribution in [-0.2, 0) is 9.47 Å². The van der Waals surface area contributed by atoms with Crippen LogP contribution >= 0.6 is 0 Å². The van der Waals surface area contributed by atoms with Crippen molar-refractivity contribution in [3.05, 3.63) is 95.1 Å². The Morgan fingerprint density at radius 1 is 0.632 bits per heavy atom. The second-order valence-electron chi connectivity index (χ2n) is 9.50. The first kappa shape index (κ1) is 28.5. The van der Waals surface area contributed by atoms with Crippen LogP contribution in [0.2, 0.25) is 0 Å². The molecule has 0 spiro atoms. The molecular weight excluding hydrogens is 476 g/mol. The number of benzene rings is 3. The summed E-state index contributed by atoms with van der Waals surface area (Å²) in [5.41, 5.74) is 4.43. The zero-order chi connectivity index (χ0) is 27.3. The molecule has 0 saturated carbocycles. The lowest BCUT2D eigenvalue weighted by atomic mass is 10.1. The molecule has 0 aliphatic rings. The van der Waals surface area contributed by atoms with E-state index in [2.05, 4.69) is 37.7 Å². The zero-order valence-corrected chi connectivity index (χ0v) is 22.6. The van der Waals surface area contributed by atoms with E-state index in [1.54, 1.807) is 61.0 Å². The van der Waals surface area contributed by atoms with Crippen LogP contribution in [0.4, 0.5) is 11.4 Å². The molecule has 0 unspecified atom stereocenters. The van der Waals surface area contributed by atoms with Crippen LogP contribution in [-0.4, -0.2) is 37.6 Å². The van der Waals surface area contributed by atoms with Gasteiger partial charge in [0.1, 0.15) is 0 Å². The van der Waals surface area contributed by atoms with Crippen LogP contribution in [0.1, 0.15) is 72.4 Å². The van der Waals surface area contributed by atoms with Crippen LogP contribution in [0.15, 0.2) is 82.8 Å². The topological polar surface area (TPSA) is 77.3 Å². The summed E-state index contributed by atoms with van der Waals surface area (Å²) in [6, 6.07) is 22.0. The standard InChI is InChI=1S/C32H36N2O4/c1-5-23(3)21-37-31(35)27-11-15-29(16-12-27)33-19-25-7-9-26(10-8-25)20-34-30-17-13-28(14-18-30)32(36)38-22-24(4)6-2/h7-20,23-24H,5-6,21-22H2,1-4H3/t23-,24+. The Morgan fingerprint density at radius 3 is 1.29 bits per heavy atom. The molecule has 3 aromatic rings. The first-order chi connectivity index (χ1) is 18.4. The third-order valence-corrected chi connectivity index (χ3v) is 6.26. The van der Waals surface area contributed by atoms with Crippen molar-refractivity contribution in [2.75, 3.05) is 13.2 Å². The van der Waals surface area contributed by atoms with Gasteiger partial charge in [-0.1, -0.05) is 64.8 Å². The van der Waals surface area contributed by atoms with Crippen molar-refractivity contribution < 1.29 is 19.1 Å². The van der Waals surface area contributed by atoms with Gasteiger partial charge in [-0.05, 0) is 71.5 Å². The predicted octanol–water partition coefficient (Wildman–Crippen LogP) is 7.59. The quantitative estimate of drug-likeness (QED) is 0.185. The van der Waals surface area contributed by atoms with Gasteiger partial charge in [0.05, 0.1) is 35.7 Å². The fourth-order valence-electron chi connectivity index (χ4n) is 3.17. The summed E-state index contributed by atoms with van der Waals surface area (Å²) in [4.78, 5) is 33.3. The van der Waals surface area contributed by atoms with E-state index >= 15 is 0 Å². The lowest BCUT2D eigenvalue weighted by Crippen LogP contribution is -2.11. The molecular formula is C32H36N2O4. The molecule has 0 aliphatic carbocycles. The summed E-state index contributed by atoms with van der Waals surface area (Å²) in [5, 5.41) is 0. The largest absolute Gasteiger partial charge is 0.462 e.